The zero-order chi connectivity index (χ0) is 9.68. The molecule has 0 aliphatic heterocycles. The van der Waals surface area contributed by atoms with Crippen LogP contribution in [-0.2, 0) is 4.79 Å². The Labute approximate surface area is 74.7 Å². The van der Waals surface area contributed by atoms with Crippen molar-refractivity contribution >= 4 is 12.0 Å². The summed E-state index contributed by atoms with van der Waals surface area (Å²) in [5.74, 6) is -1.00. The van der Waals surface area contributed by atoms with Crippen LogP contribution in [0.1, 0.15) is 5.56 Å². The molecule has 0 saturated carbocycles. The van der Waals surface area contributed by atoms with Gasteiger partial charge in [-0.2, -0.15) is 0 Å². The van der Waals surface area contributed by atoms with Crippen LogP contribution in [0.2, 0.25) is 0 Å². The maximum atomic E-state index is 10.1. The fourth-order valence-corrected chi connectivity index (χ4v) is 0.685. The van der Waals surface area contributed by atoms with E-state index in [0.29, 0.717) is 5.56 Å². The van der Waals surface area contributed by atoms with Crippen molar-refractivity contribution in [2.75, 3.05) is 7.11 Å². The number of hydrogen-bond donors (Lipinski definition) is 1. The second-order valence-corrected chi connectivity index (χ2v) is 2.17. The van der Waals surface area contributed by atoms with Gasteiger partial charge in [-0.1, -0.05) is 0 Å². The van der Waals surface area contributed by atoms with E-state index < -0.39 is 5.97 Å². The lowest BCUT2D eigenvalue weighted by atomic mass is 10.3. The molecule has 0 spiro atoms. The van der Waals surface area contributed by atoms with Gasteiger partial charge in [-0.25, -0.2) is 14.8 Å². The van der Waals surface area contributed by atoms with E-state index >= 15 is 0 Å². The van der Waals surface area contributed by atoms with E-state index in [1.807, 2.05) is 0 Å². The molecule has 0 aliphatic carbocycles. The third-order valence-electron chi connectivity index (χ3n) is 1.25. The minimum absolute atomic E-state index is 0.257. The molecule has 0 saturated heterocycles. The number of methoxy groups -OCH3 is 1. The Morgan fingerprint density at radius 3 is 2.62 bits per heavy atom. The maximum absolute atomic E-state index is 10.1. The zero-order valence-electron chi connectivity index (χ0n) is 6.97. The summed E-state index contributed by atoms with van der Waals surface area (Å²) in [6.07, 6.45) is 5.38. The lowest BCUT2D eigenvalue weighted by Gasteiger charge is -1.95. The molecule has 5 heteroatoms. The Kier molecular flexibility index (Phi) is 2.97. The molecule has 1 N–H and O–H groups in total. The highest BCUT2D eigenvalue weighted by atomic mass is 16.5. The number of ether oxygens (including phenoxy) is 1. The summed E-state index contributed by atoms with van der Waals surface area (Å²) in [6, 6.07) is 0.257. The average Bonchev–Trinajstić information content (AvgIpc) is 2.15. The fraction of sp³-hybridized carbons (Fsp3) is 0.125. The Morgan fingerprint density at radius 2 is 2.15 bits per heavy atom. The Bertz CT molecular complexity index is 319. The number of aliphatic carboxylic acids is 1. The molecule has 0 aliphatic rings. The Morgan fingerprint density at radius 1 is 1.54 bits per heavy atom. The van der Waals surface area contributed by atoms with Gasteiger partial charge in [0, 0.05) is 24.0 Å². The molecule has 0 amide bonds. The van der Waals surface area contributed by atoms with Crippen LogP contribution >= 0.6 is 0 Å². The van der Waals surface area contributed by atoms with E-state index in [9.17, 15) is 4.79 Å². The topological polar surface area (TPSA) is 72.3 Å². The number of nitrogens with zero attached hydrogens (tertiary/aromatic N) is 2. The van der Waals surface area contributed by atoms with Gasteiger partial charge in [-0.05, 0) is 6.08 Å². The molecule has 0 unspecified atom stereocenters. The molecule has 5 nitrogen and oxygen atoms in total. The van der Waals surface area contributed by atoms with Crippen LogP contribution in [0.4, 0.5) is 0 Å². The Balaban J connectivity index is 2.75. The minimum atomic E-state index is -1.00. The molecule has 0 aromatic carbocycles. The lowest BCUT2D eigenvalue weighted by Crippen LogP contribution is -1.91. The van der Waals surface area contributed by atoms with E-state index in [4.69, 9.17) is 9.84 Å². The number of aromatic nitrogens is 2. The molecule has 0 radical (unpaired) electrons. The minimum Gasteiger partial charge on any atom is -0.478 e. The highest BCUT2D eigenvalue weighted by Gasteiger charge is 1.93. The predicted molar refractivity (Wildman–Crippen MR) is 45.3 cm³/mol. The first-order valence-electron chi connectivity index (χ1n) is 3.49. The van der Waals surface area contributed by atoms with Gasteiger partial charge in [-0.3, -0.25) is 0 Å². The SMILES string of the molecule is COc1ncc(/C=C/C(=O)O)cn1. The highest BCUT2D eigenvalue weighted by molar-refractivity contribution is 5.85. The summed E-state index contributed by atoms with van der Waals surface area (Å²) in [7, 11) is 1.46. The van der Waals surface area contributed by atoms with Crippen LogP contribution in [-0.4, -0.2) is 28.2 Å². The van der Waals surface area contributed by atoms with E-state index in [0.717, 1.165) is 6.08 Å². The summed E-state index contributed by atoms with van der Waals surface area (Å²) in [6.45, 7) is 0. The first-order valence-corrected chi connectivity index (χ1v) is 3.49. The van der Waals surface area contributed by atoms with Gasteiger partial charge >= 0.3 is 12.0 Å². The molecule has 1 rings (SSSR count). The summed E-state index contributed by atoms with van der Waals surface area (Å²) in [4.78, 5) is 17.7. The van der Waals surface area contributed by atoms with Crippen LogP contribution in [0.15, 0.2) is 18.5 Å². The summed E-state index contributed by atoms with van der Waals surface area (Å²) in [5, 5.41) is 8.32. The lowest BCUT2D eigenvalue weighted by molar-refractivity contribution is -0.131. The van der Waals surface area contributed by atoms with E-state index in [1.54, 1.807) is 0 Å². The third kappa shape index (κ3) is 2.90. The average molecular weight is 180 g/mol. The number of hydrogen-bond acceptors (Lipinski definition) is 4. The molecule has 1 aromatic heterocycles. The monoisotopic (exact) mass is 180 g/mol. The van der Waals surface area contributed by atoms with Crippen molar-refractivity contribution in [3.8, 4) is 6.01 Å². The summed E-state index contributed by atoms with van der Waals surface area (Å²) >= 11 is 0. The van der Waals surface area contributed by atoms with Crippen molar-refractivity contribution in [2.24, 2.45) is 0 Å². The smallest absolute Gasteiger partial charge is 0.328 e. The van der Waals surface area contributed by atoms with Crippen molar-refractivity contribution in [3.05, 3.63) is 24.0 Å². The van der Waals surface area contributed by atoms with Crippen molar-refractivity contribution in [3.63, 3.8) is 0 Å². The first-order chi connectivity index (χ1) is 6.22. The highest BCUT2D eigenvalue weighted by Crippen LogP contribution is 2.02. The van der Waals surface area contributed by atoms with Crippen molar-refractivity contribution in [2.45, 2.75) is 0 Å². The molecular formula is C8H8N2O3. The second-order valence-electron chi connectivity index (χ2n) is 2.17. The molecule has 0 fully saturated rings. The van der Waals surface area contributed by atoms with E-state index in [2.05, 4.69) is 9.97 Å². The number of carboxylic acids is 1. The van der Waals surface area contributed by atoms with Crippen LogP contribution in [0.5, 0.6) is 6.01 Å². The van der Waals surface area contributed by atoms with Gasteiger partial charge in [0.05, 0.1) is 7.11 Å². The number of rotatable bonds is 3. The van der Waals surface area contributed by atoms with Crippen molar-refractivity contribution in [1.82, 2.24) is 9.97 Å². The van der Waals surface area contributed by atoms with Crippen LogP contribution < -0.4 is 4.74 Å². The molecule has 0 atom stereocenters. The molecule has 1 aromatic rings. The van der Waals surface area contributed by atoms with Crippen LogP contribution in [0, 0.1) is 0 Å². The number of carboxylic acid groups (broad SMARTS) is 1. The van der Waals surface area contributed by atoms with Gasteiger partial charge in [0.2, 0.25) is 0 Å². The van der Waals surface area contributed by atoms with Gasteiger partial charge in [0.25, 0.3) is 0 Å². The first kappa shape index (κ1) is 9.18. The number of carbonyl (C=O) groups is 1. The molecule has 68 valence electrons. The van der Waals surface area contributed by atoms with Gasteiger partial charge in [0.15, 0.2) is 0 Å². The third-order valence-corrected chi connectivity index (χ3v) is 1.25. The van der Waals surface area contributed by atoms with Crippen LogP contribution in [0.25, 0.3) is 6.08 Å². The normalized spacial score (nSPS) is 10.2. The van der Waals surface area contributed by atoms with Gasteiger partial charge in [0.1, 0.15) is 0 Å². The predicted octanol–water partition coefficient (Wildman–Crippen LogP) is 0.583. The van der Waals surface area contributed by atoms with Crippen molar-refractivity contribution in [1.29, 1.82) is 0 Å². The molecule has 1 heterocycles. The van der Waals surface area contributed by atoms with Gasteiger partial charge < -0.3 is 9.84 Å². The van der Waals surface area contributed by atoms with Crippen molar-refractivity contribution < 1.29 is 14.6 Å². The molecule has 13 heavy (non-hydrogen) atoms. The summed E-state index contributed by atoms with van der Waals surface area (Å²) in [5.41, 5.74) is 0.614. The fourth-order valence-electron chi connectivity index (χ4n) is 0.685. The zero-order valence-corrected chi connectivity index (χ0v) is 6.97. The molecular weight excluding hydrogens is 172 g/mol. The molecule has 0 bridgehead atoms. The van der Waals surface area contributed by atoms with E-state index in [1.165, 1.54) is 25.6 Å². The maximum Gasteiger partial charge on any atom is 0.328 e. The Hall–Kier alpha value is -1.91. The van der Waals surface area contributed by atoms with Crippen LogP contribution in [0.3, 0.4) is 0 Å². The summed E-state index contributed by atoms with van der Waals surface area (Å²) < 4.78 is 4.73. The standard InChI is InChI=1S/C8H8N2O3/c1-13-8-9-4-6(5-10-8)2-3-7(11)12/h2-5H,1H3,(H,11,12)/b3-2+. The quantitative estimate of drug-likeness (QED) is 0.689. The second kappa shape index (κ2) is 4.20. The largest absolute Gasteiger partial charge is 0.478 e. The van der Waals surface area contributed by atoms with E-state index in [-0.39, 0.29) is 6.01 Å². The van der Waals surface area contributed by atoms with Gasteiger partial charge in [-0.15, -0.1) is 0 Å².